The van der Waals surface area contributed by atoms with Crippen LogP contribution >= 0.6 is 0 Å². The van der Waals surface area contributed by atoms with Crippen molar-refractivity contribution in [3.8, 4) is 17.3 Å². The van der Waals surface area contributed by atoms with E-state index >= 15 is 0 Å². The van der Waals surface area contributed by atoms with E-state index in [0.29, 0.717) is 18.2 Å². The fourth-order valence-electron chi connectivity index (χ4n) is 4.01. The van der Waals surface area contributed by atoms with Gasteiger partial charge in [-0.15, -0.1) is 0 Å². The molecule has 1 aliphatic carbocycles. The fraction of sp³-hybridized carbons (Fsp3) is 0.320. The number of methoxy groups -OCH3 is 1. The van der Waals surface area contributed by atoms with Crippen molar-refractivity contribution < 1.29 is 9.53 Å². The maximum absolute atomic E-state index is 12.8. The van der Waals surface area contributed by atoms with E-state index in [0.717, 1.165) is 48.9 Å². The summed E-state index contributed by atoms with van der Waals surface area (Å²) in [6.07, 6.45) is 3.93. The molecule has 0 saturated heterocycles. The molecule has 4 rings (SSSR count). The molecule has 1 aliphatic rings. The van der Waals surface area contributed by atoms with Crippen molar-refractivity contribution in [3.05, 3.63) is 77.5 Å². The lowest BCUT2D eigenvalue weighted by molar-refractivity contribution is -0.125. The van der Waals surface area contributed by atoms with Crippen molar-refractivity contribution in [2.75, 3.05) is 13.7 Å². The third kappa shape index (κ3) is 4.67. The summed E-state index contributed by atoms with van der Waals surface area (Å²) in [5.41, 5.74) is 4.25. The predicted octanol–water partition coefficient (Wildman–Crippen LogP) is 4.01. The number of amides is 1. The van der Waals surface area contributed by atoms with E-state index in [4.69, 9.17) is 9.72 Å². The SMILES string of the molecule is COc1nc(-c2ccccc2)nc2c1CCC(C(=O)NCCc1ccccc1)CC2. The third-order valence-electron chi connectivity index (χ3n) is 5.68. The molecule has 1 heterocycles. The lowest BCUT2D eigenvalue weighted by atomic mass is 9.98. The largest absolute Gasteiger partial charge is 0.481 e. The molecule has 5 nitrogen and oxygen atoms in total. The van der Waals surface area contributed by atoms with Gasteiger partial charge in [-0.05, 0) is 37.7 Å². The van der Waals surface area contributed by atoms with Crippen LogP contribution in [-0.4, -0.2) is 29.5 Å². The molecule has 30 heavy (non-hydrogen) atoms. The van der Waals surface area contributed by atoms with Crippen LogP contribution in [-0.2, 0) is 24.1 Å². The van der Waals surface area contributed by atoms with Gasteiger partial charge in [0.2, 0.25) is 11.8 Å². The van der Waals surface area contributed by atoms with Crippen molar-refractivity contribution in [2.45, 2.75) is 32.1 Å². The number of ether oxygens (including phenoxy) is 1. The van der Waals surface area contributed by atoms with Crippen molar-refractivity contribution >= 4 is 5.91 Å². The monoisotopic (exact) mass is 401 g/mol. The first kappa shape index (κ1) is 20.1. The first-order valence-corrected chi connectivity index (χ1v) is 10.6. The molecule has 0 fully saturated rings. The van der Waals surface area contributed by atoms with Crippen molar-refractivity contribution in [1.82, 2.24) is 15.3 Å². The molecule has 0 spiro atoms. The minimum Gasteiger partial charge on any atom is -0.481 e. The minimum absolute atomic E-state index is 0.0140. The summed E-state index contributed by atoms with van der Waals surface area (Å²) in [4.78, 5) is 22.2. The van der Waals surface area contributed by atoms with Crippen LogP contribution in [0.1, 0.15) is 29.7 Å². The molecule has 2 aromatic carbocycles. The van der Waals surface area contributed by atoms with E-state index in [9.17, 15) is 4.79 Å². The summed E-state index contributed by atoms with van der Waals surface area (Å²) in [6, 6.07) is 20.2. The number of nitrogens with one attached hydrogen (secondary N) is 1. The van der Waals surface area contributed by atoms with Gasteiger partial charge >= 0.3 is 0 Å². The van der Waals surface area contributed by atoms with Gasteiger partial charge in [0.05, 0.1) is 12.8 Å². The van der Waals surface area contributed by atoms with Crippen molar-refractivity contribution in [1.29, 1.82) is 0 Å². The molecule has 1 unspecified atom stereocenters. The molecular formula is C25H27N3O2. The smallest absolute Gasteiger partial charge is 0.223 e. The zero-order valence-electron chi connectivity index (χ0n) is 17.3. The first-order chi connectivity index (χ1) is 14.7. The molecule has 5 heteroatoms. The van der Waals surface area contributed by atoms with Crippen molar-refractivity contribution in [2.24, 2.45) is 5.92 Å². The Bertz CT molecular complexity index is 990. The highest BCUT2D eigenvalue weighted by Gasteiger charge is 2.26. The van der Waals surface area contributed by atoms with E-state index in [1.165, 1.54) is 5.56 Å². The van der Waals surface area contributed by atoms with Gasteiger partial charge in [-0.2, -0.15) is 4.98 Å². The predicted molar refractivity (Wildman–Crippen MR) is 117 cm³/mol. The molecule has 3 aromatic rings. The van der Waals surface area contributed by atoms with Crippen LogP contribution in [0, 0.1) is 5.92 Å². The van der Waals surface area contributed by atoms with Gasteiger partial charge in [-0.25, -0.2) is 4.98 Å². The van der Waals surface area contributed by atoms with E-state index < -0.39 is 0 Å². The number of fused-ring (bicyclic) bond motifs is 1. The summed E-state index contributed by atoms with van der Waals surface area (Å²) in [5.74, 6) is 1.43. The third-order valence-corrected chi connectivity index (χ3v) is 5.68. The zero-order valence-corrected chi connectivity index (χ0v) is 17.3. The van der Waals surface area contributed by atoms with Gasteiger partial charge in [0.15, 0.2) is 5.82 Å². The number of benzene rings is 2. The van der Waals surface area contributed by atoms with E-state index in [1.807, 2.05) is 48.5 Å². The Labute approximate surface area is 177 Å². The molecule has 1 amide bonds. The summed E-state index contributed by atoms with van der Waals surface area (Å²) in [5, 5.41) is 3.12. The molecule has 154 valence electrons. The molecule has 1 N–H and O–H groups in total. The van der Waals surface area contributed by atoms with Crippen LogP contribution < -0.4 is 10.1 Å². The molecular weight excluding hydrogens is 374 g/mol. The number of carbonyl (C=O) groups is 1. The van der Waals surface area contributed by atoms with Crippen LogP contribution in [0.2, 0.25) is 0 Å². The molecule has 0 radical (unpaired) electrons. The van der Waals surface area contributed by atoms with Crippen molar-refractivity contribution in [3.63, 3.8) is 0 Å². The number of nitrogens with zero attached hydrogens (tertiary/aromatic N) is 2. The summed E-state index contributed by atoms with van der Waals surface area (Å²) in [6.45, 7) is 0.660. The quantitative estimate of drug-likeness (QED) is 0.634. The average molecular weight is 402 g/mol. The maximum atomic E-state index is 12.8. The molecule has 1 atom stereocenters. The number of rotatable bonds is 6. The van der Waals surface area contributed by atoms with Crippen LogP contribution in [0.15, 0.2) is 60.7 Å². The van der Waals surface area contributed by atoms with Crippen LogP contribution in [0.25, 0.3) is 11.4 Å². The number of aryl methyl sites for hydroxylation is 1. The van der Waals surface area contributed by atoms with Gasteiger partial charge in [-0.1, -0.05) is 60.7 Å². The Balaban J connectivity index is 1.43. The first-order valence-electron chi connectivity index (χ1n) is 10.6. The molecule has 0 saturated carbocycles. The Morgan fingerprint density at radius 1 is 1.00 bits per heavy atom. The van der Waals surface area contributed by atoms with Gasteiger partial charge in [0.25, 0.3) is 0 Å². The molecule has 0 aliphatic heterocycles. The van der Waals surface area contributed by atoms with Crippen LogP contribution in [0.3, 0.4) is 0 Å². The van der Waals surface area contributed by atoms with E-state index in [-0.39, 0.29) is 11.8 Å². The second-order valence-electron chi connectivity index (χ2n) is 7.65. The average Bonchev–Trinajstić information content (AvgIpc) is 3.02. The maximum Gasteiger partial charge on any atom is 0.223 e. The lowest BCUT2D eigenvalue weighted by Crippen LogP contribution is -2.32. The van der Waals surface area contributed by atoms with Gasteiger partial charge < -0.3 is 10.1 Å². The van der Waals surface area contributed by atoms with Gasteiger partial charge in [0.1, 0.15) is 0 Å². The second-order valence-corrected chi connectivity index (χ2v) is 7.65. The summed E-state index contributed by atoms with van der Waals surface area (Å²) in [7, 11) is 1.65. The summed E-state index contributed by atoms with van der Waals surface area (Å²) >= 11 is 0. The number of aromatic nitrogens is 2. The second kappa shape index (κ2) is 9.53. The zero-order chi connectivity index (χ0) is 20.8. The minimum atomic E-state index is -0.0140. The Morgan fingerprint density at radius 3 is 2.43 bits per heavy atom. The van der Waals surface area contributed by atoms with Gasteiger partial charge in [0, 0.05) is 23.6 Å². The fourth-order valence-corrected chi connectivity index (χ4v) is 4.01. The van der Waals surface area contributed by atoms with Gasteiger partial charge in [-0.3, -0.25) is 4.79 Å². The highest BCUT2D eigenvalue weighted by molar-refractivity contribution is 5.78. The number of hydrogen-bond donors (Lipinski definition) is 1. The summed E-state index contributed by atoms with van der Waals surface area (Å²) < 4.78 is 5.59. The van der Waals surface area contributed by atoms with Crippen LogP contribution in [0.5, 0.6) is 5.88 Å². The van der Waals surface area contributed by atoms with E-state index in [1.54, 1.807) is 7.11 Å². The normalized spacial score (nSPS) is 15.7. The highest BCUT2D eigenvalue weighted by Crippen LogP contribution is 2.31. The highest BCUT2D eigenvalue weighted by atomic mass is 16.5. The van der Waals surface area contributed by atoms with E-state index in [2.05, 4.69) is 22.4 Å². The molecule has 0 bridgehead atoms. The lowest BCUT2D eigenvalue weighted by Gasteiger charge is -2.14. The number of hydrogen-bond acceptors (Lipinski definition) is 4. The number of carbonyl (C=O) groups excluding carboxylic acids is 1. The van der Waals surface area contributed by atoms with Crippen LogP contribution in [0.4, 0.5) is 0 Å². The topological polar surface area (TPSA) is 64.1 Å². The Morgan fingerprint density at radius 2 is 1.70 bits per heavy atom. The molecule has 1 aromatic heterocycles. The standard InChI is InChI=1S/C25H27N3O2/c1-30-25-21-14-12-20(24(29)26-17-16-18-8-4-2-5-9-18)13-15-22(21)27-23(28-25)19-10-6-3-7-11-19/h2-11,20H,12-17H2,1H3,(H,26,29). The Hall–Kier alpha value is -3.21. The Kier molecular flexibility index (Phi) is 6.38.